The second kappa shape index (κ2) is 9.91. The zero-order valence-electron chi connectivity index (χ0n) is 17.2. The fourth-order valence-electron chi connectivity index (χ4n) is 2.43. The van der Waals surface area contributed by atoms with Crippen LogP contribution in [0.1, 0.15) is 5.69 Å². The van der Waals surface area contributed by atoms with Crippen LogP contribution in [0.3, 0.4) is 0 Å². The highest BCUT2D eigenvalue weighted by molar-refractivity contribution is 6.42. The Bertz CT molecular complexity index is 839. The van der Waals surface area contributed by atoms with Crippen molar-refractivity contribution in [2.75, 3.05) is 63.4 Å². The molecule has 152 valence electrons. The van der Waals surface area contributed by atoms with E-state index in [1.807, 2.05) is 33.2 Å². The number of aryl methyl sites for hydroxylation is 1. The second-order valence-electron chi connectivity index (χ2n) is 6.75. The average Bonchev–Trinajstić information content (AvgIpc) is 2.65. The van der Waals surface area contributed by atoms with Gasteiger partial charge in [0, 0.05) is 51.7 Å². The third-order valence-corrected chi connectivity index (χ3v) is 4.85. The molecule has 7 nitrogen and oxygen atoms in total. The van der Waals surface area contributed by atoms with Crippen LogP contribution in [0, 0.1) is 6.92 Å². The third kappa shape index (κ3) is 5.95. The number of hydrogen-bond acceptors (Lipinski definition) is 5. The first kappa shape index (κ1) is 22.2. The molecule has 0 amide bonds. The highest BCUT2D eigenvalue weighted by atomic mass is 35.5. The van der Waals surface area contributed by atoms with Gasteiger partial charge in [0.15, 0.2) is 0 Å². The second-order valence-corrected chi connectivity index (χ2v) is 7.57. The van der Waals surface area contributed by atoms with Crippen LogP contribution in [0.4, 0.5) is 17.5 Å². The number of rotatable bonds is 6. The number of anilines is 3. The van der Waals surface area contributed by atoms with E-state index in [0.717, 1.165) is 30.3 Å². The summed E-state index contributed by atoms with van der Waals surface area (Å²) in [6.45, 7) is 3.76. The Morgan fingerprint density at radius 1 is 1.04 bits per heavy atom. The monoisotopic (exact) mass is 423 g/mol. The number of aliphatic imine (C=N–C) groups is 1. The Kier molecular flexibility index (Phi) is 7.86. The zero-order chi connectivity index (χ0) is 20.8. The van der Waals surface area contributed by atoms with Crippen LogP contribution in [-0.4, -0.2) is 69.2 Å². The minimum absolute atomic E-state index is 0.474. The zero-order valence-corrected chi connectivity index (χ0v) is 18.7. The summed E-state index contributed by atoms with van der Waals surface area (Å²) in [6.07, 6.45) is 0. The van der Waals surface area contributed by atoms with Gasteiger partial charge in [-0.2, -0.15) is 4.98 Å². The van der Waals surface area contributed by atoms with Gasteiger partial charge in [-0.15, -0.1) is 0 Å². The number of likely N-dealkylation sites (N-methyl/N-ethyl adjacent to an activating group) is 2. The molecule has 1 heterocycles. The Morgan fingerprint density at radius 3 is 2.36 bits per heavy atom. The molecule has 0 spiro atoms. The molecule has 0 aliphatic rings. The quantitative estimate of drug-likeness (QED) is 0.565. The molecule has 0 saturated carbocycles. The SMILES string of the molecule is C/N=C(\Nc1ccc(Cl)c(Cl)c1)N(C)c1nc(C)cc(N(C)CCN(C)C)n1. The number of hydrogen-bond donors (Lipinski definition) is 1. The highest BCUT2D eigenvalue weighted by Crippen LogP contribution is 2.25. The lowest BCUT2D eigenvalue weighted by atomic mass is 10.3. The van der Waals surface area contributed by atoms with E-state index in [1.165, 1.54) is 0 Å². The number of benzene rings is 1. The molecule has 0 unspecified atom stereocenters. The van der Waals surface area contributed by atoms with Crippen molar-refractivity contribution >= 4 is 46.6 Å². The maximum Gasteiger partial charge on any atom is 0.234 e. The maximum absolute atomic E-state index is 6.11. The van der Waals surface area contributed by atoms with Crippen molar-refractivity contribution in [2.24, 2.45) is 4.99 Å². The van der Waals surface area contributed by atoms with Crippen molar-refractivity contribution < 1.29 is 0 Å². The van der Waals surface area contributed by atoms with E-state index in [9.17, 15) is 0 Å². The van der Waals surface area contributed by atoms with E-state index < -0.39 is 0 Å². The molecule has 2 rings (SSSR count). The van der Waals surface area contributed by atoms with Crippen LogP contribution >= 0.6 is 23.2 Å². The van der Waals surface area contributed by atoms with E-state index in [1.54, 1.807) is 24.1 Å². The molecule has 0 radical (unpaired) electrons. The summed E-state index contributed by atoms with van der Waals surface area (Å²) < 4.78 is 0. The molecule has 0 atom stereocenters. The summed E-state index contributed by atoms with van der Waals surface area (Å²) in [6, 6.07) is 7.30. The fraction of sp³-hybridized carbons (Fsp3) is 0.421. The van der Waals surface area contributed by atoms with Gasteiger partial charge in [-0.05, 0) is 39.2 Å². The molecule has 2 aromatic rings. The molecule has 1 aromatic carbocycles. The largest absolute Gasteiger partial charge is 0.358 e. The van der Waals surface area contributed by atoms with Gasteiger partial charge in [0.2, 0.25) is 11.9 Å². The van der Waals surface area contributed by atoms with E-state index in [0.29, 0.717) is 22.0 Å². The molecule has 0 aliphatic carbocycles. The summed E-state index contributed by atoms with van der Waals surface area (Å²) in [5, 5.41) is 4.21. The van der Waals surface area contributed by atoms with Gasteiger partial charge in [-0.25, -0.2) is 4.98 Å². The van der Waals surface area contributed by atoms with Crippen molar-refractivity contribution in [3.63, 3.8) is 0 Å². The lowest BCUT2D eigenvalue weighted by Gasteiger charge is -2.24. The molecule has 0 aliphatic heterocycles. The van der Waals surface area contributed by atoms with Crippen LogP contribution in [-0.2, 0) is 0 Å². The molecular formula is C19H27Cl2N7. The summed E-state index contributed by atoms with van der Waals surface area (Å²) >= 11 is 12.1. The van der Waals surface area contributed by atoms with Crippen LogP contribution in [0.15, 0.2) is 29.3 Å². The standard InChI is InChI=1S/C19H27Cl2N7/c1-13-11-17(27(5)10-9-26(3)4)25-19(23-13)28(6)18(22-2)24-14-7-8-15(20)16(21)12-14/h7-8,11-12H,9-10H2,1-6H3,(H,22,24). The topological polar surface area (TPSA) is 59.9 Å². The lowest BCUT2D eigenvalue weighted by molar-refractivity contribution is 0.416. The van der Waals surface area contributed by atoms with Crippen LogP contribution < -0.4 is 15.1 Å². The van der Waals surface area contributed by atoms with E-state index in [-0.39, 0.29) is 0 Å². The predicted octanol–water partition coefficient (Wildman–Crippen LogP) is 3.62. The number of halogens is 2. The van der Waals surface area contributed by atoms with Crippen molar-refractivity contribution in [3.05, 3.63) is 40.0 Å². The van der Waals surface area contributed by atoms with Gasteiger partial charge in [0.25, 0.3) is 0 Å². The number of nitrogens with one attached hydrogen (secondary N) is 1. The minimum atomic E-state index is 0.474. The molecule has 0 fully saturated rings. The van der Waals surface area contributed by atoms with Gasteiger partial charge in [-0.3, -0.25) is 9.89 Å². The summed E-state index contributed by atoms with van der Waals surface area (Å²) in [4.78, 5) is 19.7. The van der Waals surface area contributed by atoms with Gasteiger partial charge in [0.05, 0.1) is 10.0 Å². The molecule has 1 aromatic heterocycles. The van der Waals surface area contributed by atoms with Crippen molar-refractivity contribution in [1.82, 2.24) is 14.9 Å². The van der Waals surface area contributed by atoms with Crippen LogP contribution in [0.25, 0.3) is 0 Å². The Hall–Kier alpha value is -2.09. The molecular weight excluding hydrogens is 397 g/mol. The maximum atomic E-state index is 6.11. The fourth-order valence-corrected chi connectivity index (χ4v) is 2.73. The average molecular weight is 424 g/mol. The van der Waals surface area contributed by atoms with Gasteiger partial charge in [0.1, 0.15) is 5.82 Å². The Balaban J connectivity index is 2.23. The molecule has 0 saturated heterocycles. The Labute approximate surface area is 177 Å². The smallest absolute Gasteiger partial charge is 0.234 e. The Morgan fingerprint density at radius 2 is 1.75 bits per heavy atom. The van der Waals surface area contributed by atoms with Crippen LogP contribution in [0.2, 0.25) is 10.0 Å². The number of nitrogens with zero attached hydrogens (tertiary/aromatic N) is 6. The third-order valence-electron chi connectivity index (χ3n) is 4.11. The summed E-state index contributed by atoms with van der Waals surface area (Å²) in [5.74, 6) is 2.01. The van der Waals surface area contributed by atoms with Gasteiger partial charge >= 0.3 is 0 Å². The van der Waals surface area contributed by atoms with Crippen molar-refractivity contribution in [3.8, 4) is 0 Å². The summed E-state index contributed by atoms with van der Waals surface area (Å²) in [7, 11) is 9.70. The summed E-state index contributed by atoms with van der Waals surface area (Å²) in [5.41, 5.74) is 1.66. The predicted molar refractivity (Wildman–Crippen MR) is 120 cm³/mol. The number of aromatic nitrogens is 2. The van der Waals surface area contributed by atoms with Crippen LogP contribution in [0.5, 0.6) is 0 Å². The minimum Gasteiger partial charge on any atom is -0.358 e. The molecule has 28 heavy (non-hydrogen) atoms. The molecule has 0 bridgehead atoms. The van der Waals surface area contributed by atoms with E-state index in [4.69, 9.17) is 28.2 Å². The normalized spacial score (nSPS) is 11.7. The first-order chi connectivity index (χ1) is 13.2. The first-order valence-electron chi connectivity index (χ1n) is 8.85. The first-order valence-corrected chi connectivity index (χ1v) is 9.61. The van der Waals surface area contributed by atoms with Crippen molar-refractivity contribution in [1.29, 1.82) is 0 Å². The highest BCUT2D eigenvalue weighted by Gasteiger charge is 2.15. The lowest BCUT2D eigenvalue weighted by Crippen LogP contribution is -2.35. The van der Waals surface area contributed by atoms with E-state index in [2.05, 4.69) is 39.2 Å². The van der Waals surface area contributed by atoms with Crippen molar-refractivity contribution in [2.45, 2.75) is 6.92 Å². The molecule has 9 heteroatoms. The van der Waals surface area contributed by atoms with Gasteiger partial charge < -0.3 is 15.1 Å². The van der Waals surface area contributed by atoms with E-state index >= 15 is 0 Å². The molecule has 1 N–H and O–H groups in total. The van der Waals surface area contributed by atoms with Gasteiger partial charge in [-0.1, -0.05) is 23.2 Å². The number of guanidine groups is 1.